The number of amides is 2. The molecule has 5 nitrogen and oxygen atoms in total. The fraction of sp³-hybridized carbons (Fsp3) is 0.333. The molecule has 1 aliphatic heterocycles. The summed E-state index contributed by atoms with van der Waals surface area (Å²) < 4.78 is 5.20. The van der Waals surface area contributed by atoms with E-state index in [2.05, 4.69) is 0 Å². The van der Waals surface area contributed by atoms with Crippen LogP contribution in [0.25, 0.3) is 0 Å². The number of benzene rings is 2. The van der Waals surface area contributed by atoms with Crippen LogP contribution in [0.15, 0.2) is 53.4 Å². The van der Waals surface area contributed by atoms with Crippen molar-refractivity contribution in [1.29, 1.82) is 0 Å². The first-order valence-electron chi connectivity index (χ1n) is 8.77. The Labute approximate surface area is 164 Å². The number of piperazine rings is 1. The van der Waals surface area contributed by atoms with E-state index < -0.39 is 5.54 Å². The second-order valence-corrected chi connectivity index (χ2v) is 7.95. The fourth-order valence-corrected chi connectivity index (χ4v) is 4.12. The number of anilines is 1. The third kappa shape index (κ3) is 3.81. The van der Waals surface area contributed by atoms with E-state index in [0.29, 0.717) is 12.1 Å². The van der Waals surface area contributed by atoms with E-state index in [9.17, 15) is 9.59 Å². The molecular formula is C21H24N2O3S. The molecule has 0 aromatic heterocycles. The van der Waals surface area contributed by atoms with E-state index >= 15 is 0 Å². The van der Waals surface area contributed by atoms with Crippen LogP contribution in [-0.2, 0) is 4.79 Å². The summed E-state index contributed by atoms with van der Waals surface area (Å²) in [5.41, 5.74) is 0.933. The van der Waals surface area contributed by atoms with E-state index in [4.69, 9.17) is 4.74 Å². The third-order valence-electron chi connectivity index (χ3n) is 4.71. The average molecular weight is 385 g/mol. The molecule has 1 aliphatic rings. The van der Waals surface area contributed by atoms with Gasteiger partial charge in [-0.05, 0) is 56.5 Å². The van der Waals surface area contributed by atoms with Crippen LogP contribution in [0.4, 0.5) is 5.69 Å². The number of hydrogen-bond donors (Lipinski definition) is 0. The lowest BCUT2D eigenvalue weighted by atomic mass is 9.96. The first-order valence-corrected chi connectivity index (χ1v) is 9.99. The summed E-state index contributed by atoms with van der Waals surface area (Å²) in [6.07, 6.45) is 1.95. The van der Waals surface area contributed by atoms with E-state index in [-0.39, 0.29) is 18.4 Å². The molecule has 142 valence electrons. The van der Waals surface area contributed by atoms with Gasteiger partial charge in [-0.2, -0.15) is 0 Å². The number of carbonyl (C=O) groups excluding carboxylic acids is 2. The Morgan fingerprint density at radius 1 is 1.11 bits per heavy atom. The molecule has 2 aromatic rings. The van der Waals surface area contributed by atoms with Gasteiger partial charge in [0, 0.05) is 17.1 Å². The van der Waals surface area contributed by atoms with Gasteiger partial charge in [-0.15, -0.1) is 11.8 Å². The summed E-state index contributed by atoms with van der Waals surface area (Å²) in [6.45, 7) is 4.49. The lowest BCUT2D eigenvalue weighted by molar-refractivity contribution is -0.122. The summed E-state index contributed by atoms with van der Waals surface area (Å²) in [5.74, 6) is 0.550. The Kier molecular flexibility index (Phi) is 5.46. The Balaban J connectivity index is 1.86. The number of rotatable bonds is 4. The molecule has 0 unspecified atom stereocenters. The average Bonchev–Trinajstić information content (AvgIpc) is 2.66. The van der Waals surface area contributed by atoms with Crippen LogP contribution in [0.5, 0.6) is 5.75 Å². The quantitative estimate of drug-likeness (QED) is 0.755. The first kappa shape index (κ1) is 19.3. The highest BCUT2D eigenvalue weighted by Gasteiger charge is 2.41. The SMILES string of the molecule is COc1ccc(N2C(=O)CN(C(=O)c3ccccc3SC)CC2(C)C)cc1. The summed E-state index contributed by atoms with van der Waals surface area (Å²) in [7, 11) is 1.61. The number of hydrogen-bond acceptors (Lipinski definition) is 4. The molecule has 2 aromatic carbocycles. The Morgan fingerprint density at radius 3 is 2.37 bits per heavy atom. The third-order valence-corrected chi connectivity index (χ3v) is 5.51. The van der Waals surface area contributed by atoms with Crippen molar-refractivity contribution in [2.75, 3.05) is 31.4 Å². The molecule has 2 amide bonds. The van der Waals surface area contributed by atoms with Crippen LogP contribution < -0.4 is 9.64 Å². The zero-order valence-corrected chi connectivity index (χ0v) is 16.9. The van der Waals surface area contributed by atoms with Crippen molar-refractivity contribution < 1.29 is 14.3 Å². The van der Waals surface area contributed by atoms with E-state index in [0.717, 1.165) is 16.3 Å². The second-order valence-electron chi connectivity index (χ2n) is 7.10. The Morgan fingerprint density at radius 2 is 1.78 bits per heavy atom. The van der Waals surface area contributed by atoms with Gasteiger partial charge < -0.3 is 14.5 Å². The van der Waals surface area contributed by atoms with Gasteiger partial charge in [0.2, 0.25) is 5.91 Å². The zero-order valence-electron chi connectivity index (χ0n) is 16.1. The maximum absolute atomic E-state index is 13.1. The smallest absolute Gasteiger partial charge is 0.255 e. The maximum Gasteiger partial charge on any atom is 0.255 e. The highest BCUT2D eigenvalue weighted by atomic mass is 32.2. The van der Waals surface area contributed by atoms with Crippen molar-refractivity contribution in [2.24, 2.45) is 0 Å². The summed E-state index contributed by atoms with van der Waals surface area (Å²) in [5, 5.41) is 0. The van der Waals surface area contributed by atoms with Gasteiger partial charge in [0.25, 0.3) is 5.91 Å². The Hall–Kier alpha value is -2.47. The van der Waals surface area contributed by atoms with Crippen molar-refractivity contribution in [1.82, 2.24) is 4.90 Å². The highest BCUT2D eigenvalue weighted by molar-refractivity contribution is 7.98. The predicted octanol–water partition coefficient (Wildman–Crippen LogP) is 3.68. The topological polar surface area (TPSA) is 49.9 Å². The second kappa shape index (κ2) is 7.64. The molecule has 0 spiro atoms. The number of carbonyl (C=O) groups is 2. The number of nitrogens with zero attached hydrogens (tertiary/aromatic N) is 2. The van der Waals surface area contributed by atoms with Gasteiger partial charge in [-0.1, -0.05) is 12.1 Å². The van der Waals surface area contributed by atoms with Gasteiger partial charge in [0.1, 0.15) is 12.3 Å². The summed E-state index contributed by atoms with van der Waals surface area (Å²) in [4.78, 5) is 30.4. The minimum atomic E-state index is -0.520. The molecule has 1 heterocycles. The van der Waals surface area contributed by atoms with Crippen molar-refractivity contribution in [2.45, 2.75) is 24.3 Å². The van der Waals surface area contributed by atoms with Gasteiger partial charge in [-0.25, -0.2) is 0 Å². The van der Waals surface area contributed by atoms with E-state index in [1.807, 2.05) is 68.6 Å². The van der Waals surface area contributed by atoms with Crippen LogP contribution in [0.1, 0.15) is 24.2 Å². The normalized spacial score (nSPS) is 16.4. The summed E-state index contributed by atoms with van der Waals surface area (Å²) >= 11 is 1.53. The lowest BCUT2D eigenvalue weighted by Gasteiger charge is -2.46. The zero-order chi connectivity index (χ0) is 19.6. The van der Waals surface area contributed by atoms with Crippen molar-refractivity contribution >= 4 is 29.3 Å². The van der Waals surface area contributed by atoms with Gasteiger partial charge >= 0.3 is 0 Å². The van der Waals surface area contributed by atoms with E-state index in [1.165, 1.54) is 11.8 Å². The molecule has 0 aliphatic carbocycles. The minimum absolute atomic E-state index is 0.0665. The first-order chi connectivity index (χ1) is 12.9. The molecule has 1 fully saturated rings. The molecule has 27 heavy (non-hydrogen) atoms. The van der Waals surface area contributed by atoms with Crippen LogP contribution in [0.2, 0.25) is 0 Å². The van der Waals surface area contributed by atoms with Gasteiger partial charge in [0.05, 0.1) is 18.2 Å². The minimum Gasteiger partial charge on any atom is -0.497 e. The van der Waals surface area contributed by atoms with Crippen molar-refractivity contribution in [3.05, 3.63) is 54.1 Å². The Bertz CT molecular complexity index is 849. The monoisotopic (exact) mass is 384 g/mol. The molecule has 1 saturated heterocycles. The molecule has 0 saturated carbocycles. The van der Waals surface area contributed by atoms with Crippen LogP contribution in [-0.4, -0.2) is 48.7 Å². The number of thioether (sulfide) groups is 1. The predicted molar refractivity (Wildman–Crippen MR) is 109 cm³/mol. The standard InChI is InChI=1S/C21H24N2O3S/c1-21(2)14-22(20(25)17-7-5-6-8-18(17)27-4)13-19(24)23(21)15-9-11-16(26-3)12-10-15/h5-12H,13-14H2,1-4H3. The van der Waals surface area contributed by atoms with Crippen LogP contribution >= 0.6 is 11.8 Å². The molecule has 0 N–H and O–H groups in total. The molecule has 3 rings (SSSR count). The number of methoxy groups -OCH3 is 1. The lowest BCUT2D eigenvalue weighted by Crippen LogP contribution is -2.63. The van der Waals surface area contributed by atoms with Crippen molar-refractivity contribution in [3.8, 4) is 5.75 Å². The molecule has 6 heteroatoms. The van der Waals surface area contributed by atoms with E-state index in [1.54, 1.807) is 16.9 Å². The maximum atomic E-state index is 13.1. The summed E-state index contributed by atoms with van der Waals surface area (Å²) in [6, 6.07) is 14.9. The highest BCUT2D eigenvalue weighted by Crippen LogP contribution is 2.31. The molecule has 0 atom stereocenters. The van der Waals surface area contributed by atoms with Gasteiger partial charge in [0.15, 0.2) is 0 Å². The van der Waals surface area contributed by atoms with Crippen LogP contribution in [0, 0.1) is 0 Å². The largest absolute Gasteiger partial charge is 0.497 e. The van der Waals surface area contributed by atoms with Crippen molar-refractivity contribution in [3.63, 3.8) is 0 Å². The molecular weight excluding hydrogens is 360 g/mol. The number of ether oxygens (including phenoxy) is 1. The molecule has 0 radical (unpaired) electrons. The molecule has 0 bridgehead atoms. The fourth-order valence-electron chi connectivity index (χ4n) is 3.53. The van der Waals surface area contributed by atoms with Gasteiger partial charge in [-0.3, -0.25) is 9.59 Å². The van der Waals surface area contributed by atoms with Crippen LogP contribution in [0.3, 0.4) is 0 Å².